The summed E-state index contributed by atoms with van der Waals surface area (Å²) in [6.07, 6.45) is 4.62. The van der Waals surface area contributed by atoms with Gasteiger partial charge in [-0.2, -0.15) is 9.78 Å². The Bertz CT molecular complexity index is 162. The molecule has 0 aromatic carbocycles. The zero-order valence-corrected chi connectivity index (χ0v) is 7.21. The maximum Gasteiger partial charge on any atom is 0.370 e. The molecule has 70 valence electrons. The Kier molecular flexibility index (Phi) is 3.05. The van der Waals surface area contributed by atoms with Gasteiger partial charge in [-0.1, -0.05) is 26.2 Å². The van der Waals surface area contributed by atoms with E-state index in [-0.39, 0.29) is 0 Å². The lowest BCUT2D eigenvalue weighted by molar-refractivity contribution is -0.144. The molecular formula is C8H14O4. The summed E-state index contributed by atoms with van der Waals surface area (Å²) in [4.78, 5) is 19.4. The van der Waals surface area contributed by atoms with E-state index in [1.165, 1.54) is 0 Å². The molecular weight excluding hydrogens is 160 g/mol. The second kappa shape index (κ2) is 3.87. The van der Waals surface area contributed by atoms with Crippen molar-refractivity contribution in [1.29, 1.82) is 0 Å². The molecule has 12 heavy (non-hydrogen) atoms. The molecule has 0 aromatic rings. The first-order chi connectivity index (χ1) is 5.71. The van der Waals surface area contributed by atoms with Crippen molar-refractivity contribution in [2.45, 2.75) is 44.8 Å². The molecule has 4 nitrogen and oxygen atoms in total. The number of carboxylic acids is 1. The summed E-state index contributed by atoms with van der Waals surface area (Å²) in [6.45, 7) is 2.11. The minimum Gasteiger partial charge on any atom is -0.477 e. The molecule has 1 fully saturated rings. The first-order valence-corrected chi connectivity index (χ1v) is 4.31. The lowest BCUT2D eigenvalue weighted by Gasteiger charge is -2.00. The van der Waals surface area contributed by atoms with Crippen molar-refractivity contribution in [3.63, 3.8) is 0 Å². The molecule has 0 aliphatic carbocycles. The van der Waals surface area contributed by atoms with E-state index in [4.69, 9.17) is 5.11 Å². The van der Waals surface area contributed by atoms with Crippen molar-refractivity contribution in [3.8, 4) is 0 Å². The highest BCUT2D eigenvalue weighted by molar-refractivity contribution is 5.76. The van der Waals surface area contributed by atoms with E-state index in [9.17, 15) is 4.79 Å². The van der Waals surface area contributed by atoms with Gasteiger partial charge in [0.1, 0.15) is 0 Å². The number of unbranched alkanes of at least 4 members (excludes halogenated alkanes) is 3. The normalized spacial score (nSPS) is 19.1. The van der Waals surface area contributed by atoms with Crippen molar-refractivity contribution in [2.24, 2.45) is 0 Å². The maximum absolute atomic E-state index is 10.5. The van der Waals surface area contributed by atoms with Crippen LogP contribution >= 0.6 is 0 Å². The van der Waals surface area contributed by atoms with Gasteiger partial charge < -0.3 is 5.11 Å². The number of hydrogen-bond donors (Lipinski definition) is 1. The number of carboxylic acid groups (broad SMARTS) is 1. The highest BCUT2D eigenvalue weighted by Crippen LogP contribution is 2.35. The third-order valence-corrected chi connectivity index (χ3v) is 1.97. The van der Waals surface area contributed by atoms with Crippen LogP contribution in [0, 0.1) is 0 Å². The zero-order valence-electron chi connectivity index (χ0n) is 7.21. The summed E-state index contributed by atoms with van der Waals surface area (Å²) >= 11 is 0. The number of hydrogen-bond acceptors (Lipinski definition) is 3. The molecule has 0 unspecified atom stereocenters. The van der Waals surface area contributed by atoms with Gasteiger partial charge in [-0.05, 0) is 6.42 Å². The van der Waals surface area contributed by atoms with Gasteiger partial charge in [-0.3, -0.25) is 0 Å². The van der Waals surface area contributed by atoms with Crippen LogP contribution in [0.25, 0.3) is 0 Å². The maximum atomic E-state index is 10.5. The molecule has 1 N–H and O–H groups in total. The second-order valence-electron chi connectivity index (χ2n) is 3.04. The van der Waals surface area contributed by atoms with E-state index in [2.05, 4.69) is 16.7 Å². The topological polar surface area (TPSA) is 62.4 Å². The second-order valence-corrected chi connectivity index (χ2v) is 3.04. The van der Waals surface area contributed by atoms with Crippen molar-refractivity contribution >= 4 is 5.97 Å². The number of rotatable bonds is 6. The average Bonchev–Trinajstić information content (AvgIpc) is 2.79. The molecule has 1 aliphatic rings. The fourth-order valence-electron chi connectivity index (χ4n) is 1.10. The van der Waals surface area contributed by atoms with E-state index >= 15 is 0 Å². The highest BCUT2D eigenvalue weighted by atomic mass is 17.4. The van der Waals surface area contributed by atoms with E-state index in [0.717, 1.165) is 25.7 Å². The number of aliphatic carboxylic acids is 1. The molecule has 0 aromatic heterocycles. The van der Waals surface area contributed by atoms with Gasteiger partial charge in [0.15, 0.2) is 0 Å². The Balaban J connectivity index is 2.10. The van der Waals surface area contributed by atoms with Crippen LogP contribution in [-0.4, -0.2) is 16.9 Å². The van der Waals surface area contributed by atoms with Gasteiger partial charge in [0, 0.05) is 6.42 Å². The first kappa shape index (κ1) is 9.48. The van der Waals surface area contributed by atoms with E-state index in [0.29, 0.717) is 6.42 Å². The Morgan fingerprint density at radius 2 is 2.00 bits per heavy atom. The van der Waals surface area contributed by atoms with Crippen molar-refractivity contribution in [2.75, 3.05) is 0 Å². The average molecular weight is 174 g/mol. The first-order valence-electron chi connectivity index (χ1n) is 4.31. The molecule has 0 saturated carbocycles. The summed E-state index contributed by atoms with van der Waals surface area (Å²) in [7, 11) is 0. The monoisotopic (exact) mass is 174 g/mol. The predicted molar refractivity (Wildman–Crippen MR) is 41.3 cm³/mol. The van der Waals surface area contributed by atoms with Gasteiger partial charge in [0.2, 0.25) is 0 Å². The zero-order chi connectivity index (χ0) is 9.03. The molecule has 4 heteroatoms. The highest BCUT2D eigenvalue weighted by Gasteiger charge is 2.56. The molecule has 0 amide bonds. The molecule has 0 radical (unpaired) electrons. The Morgan fingerprint density at radius 3 is 2.42 bits per heavy atom. The molecule has 1 rings (SSSR count). The van der Waals surface area contributed by atoms with Gasteiger partial charge >= 0.3 is 11.8 Å². The van der Waals surface area contributed by atoms with E-state index in [1.807, 2.05) is 0 Å². The molecule has 1 saturated heterocycles. The van der Waals surface area contributed by atoms with E-state index in [1.54, 1.807) is 0 Å². The number of carbonyl (C=O) groups is 1. The van der Waals surface area contributed by atoms with Crippen LogP contribution in [-0.2, 0) is 14.6 Å². The summed E-state index contributed by atoms with van der Waals surface area (Å²) in [5, 5.41) is 8.61. The van der Waals surface area contributed by atoms with Gasteiger partial charge in [0.05, 0.1) is 0 Å². The van der Waals surface area contributed by atoms with Gasteiger partial charge in [0.25, 0.3) is 0 Å². The summed E-state index contributed by atoms with van der Waals surface area (Å²) in [5.41, 5.74) is 0. The summed E-state index contributed by atoms with van der Waals surface area (Å²) in [6, 6.07) is 0. The van der Waals surface area contributed by atoms with Crippen LogP contribution < -0.4 is 0 Å². The van der Waals surface area contributed by atoms with Crippen LogP contribution in [0.2, 0.25) is 0 Å². The Labute approximate surface area is 71.4 Å². The lowest BCUT2D eigenvalue weighted by atomic mass is 10.1. The van der Waals surface area contributed by atoms with Crippen LogP contribution in [0.3, 0.4) is 0 Å². The molecule has 1 aliphatic heterocycles. The van der Waals surface area contributed by atoms with Crippen LogP contribution in [0.1, 0.15) is 39.0 Å². The molecule has 1 heterocycles. The fraction of sp³-hybridized carbons (Fsp3) is 0.875. The van der Waals surface area contributed by atoms with Crippen LogP contribution in [0.5, 0.6) is 0 Å². The summed E-state index contributed by atoms with van der Waals surface area (Å²) < 4.78 is 0. The molecule has 0 bridgehead atoms. The molecule has 0 atom stereocenters. The largest absolute Gasteiger partial charge is 0.477 e. The third-order valence-electron chi connectivity index (χ3n) is 1.97. The van der Waals surface area contributed by atoms with Crippen molar-refractivity contribution in [3.05, 3.63) is 0 Å². The Morgan fingerprint density at radius 1 is 1.33 bits per heavy atom. The van der Waals surface area contributed by atoms with Gasteiger partial charge in [-0.25, -0.2) is 4.79 Å². The summed E-state index contributed by atoms with van der Waals surface area (Å²) in [5.74, 6) is -2.30. The molecule has 0 spiro atoms. The van der Waals surface area contributed by atoms with Crippen LogP contribution in [0.15, 0.2) is 0 Å². The van der Waals surface area contributed by atoms with Crippen molar-refractivity contribution < 1.29 is 19.7 Å². The smallest absolute Gasteiger partial charge is 0.370 e. The lowest BCUT2D eigenvalue weighted by Crippen LogP contribution is -2.23. The minimum atomic E-state index is -1.28. The third kappa shape index (κ3) is 2.19. The van der Waals surface area contributed by atoms with Crippen molar-refractivity contribution in [1.82, 2.24) is 0 Å². The fourth-order valence-corrected chi connectivity index (χ4v) is 1.10. The Hall–Kier alpha value is -0.610. The predicted octanol–water partition coefficient (Wildman–Crippen LogP) is 1.70. The standard InChI is InChI=1S/C8H14O4/c1-2-3-4-5-6-8(7(9)10)11-12-8/h2-6H2,1H3,(H,9,10). The minimum absolute atomic E-state index is 0.461. The van der Waals surface area contributed by atoms with Crippen LogP contribution in [0.4, 0.5) is 0 Å². The van der Waals surface area contributed by atoms with E-state index < -0.39 is 11.8 Å². The SMILES string of the molecule is CCCCCCC1(C(=O)O)OO1. The van der Waals surface area contributed by atoms with Gasteiger partial charge in [-0.15, -0.1) is 0 Å². The quantitative estimate of drug-likeness (QED) is 0.378.